The fourth-order valence-corrected chi connectivity index (χ4v) is 4.77. The minimum absolute atomic E-state index is 0.152. The molecule has 0 N–H and O–H groups in total. The molecule has 0 radical (unpaired) electrons. The second kappa shape index (κ2) is 5.86. The van der Waals surface area contributed by atoms with Crippen LogP contribution in [0.4, 0.5) is 5.69 Å². The molecule has 4 atom stereocenters. The van der Waals surface area contributed by atoms with Crippen molar-refractivity contribution in [2.75, 3.05) is 4.90 Å². The minimum Gasteiger partial charge on any atom is -0.298 e. The van der Waals surface area contributed by atoms with Gasteiger partial charge in [-0.2, -0.15) is 5.10 Å². The van der Waals surface area contributed by atoms with Crippen molar-refractivity contribution in [3.05, 3.63) is 65.2 Å². The van der Waals surface area contributed by atoms with Crippen LogP contribution in [0.3, 0.4) is 0 Å². The first-order valence-corrected chi connectivity index (χ1v) is 9.35. The highest BCUT2D eigenvalue weighted by Gasteiger charge is 2.64. The van der Waals surface area contributed by atoms with E-state index in [1.54, 1.807) is 23.4 Å². The second-order valence-electron chi connectivity index (χ2n) is 7.65. The van der Waals surface area contributed by atoms with E-state index in [0.29, 0.717) is 5.69 Å². The first kappa shape index (κ1) is 16.9. The number of carbonyl (C=O) groups excluding carboxylic acids is 3. The van der Waals surface area contributed by atoms with Crippen molar-refractivity contribution < 1.29 is 14.4 Å². The summed E-state index contributed by atoms with van der Waals surface area (Å²) in [5, 5.41) is 6.13. The van der Waals surface area contributed by atoms with Crippen LogP contribution in [0.25, 0.3) is 0 Å². The molecular formula is C22H19N3O3. The molecule has 140 valence electrons. The van der Waals surface area contributed by atoms with Gasteiger partial charge in [0.15, 0.2) is 5.78 Å². The van der Waals surface area contributed by atoms with Gasteiger partial charge in [0.25, 0.3) is 0 Å². The number of carbonyl (C=O) groups is 3. The van der Waals surface area contributed by atoms with E-state index >= 15 is 0 Å². The summed E-state index contributed by atoms with van der Waals surface area (Å²) >= 11 is 0. The average molecular weight is 373 g/mol. The Morgan fingerprint density at radius 3 is 2.36 bits per heavy atom. The van der Waals surface area contributed by atoms with Crippen LogP contribution < -0.4 is 4.90 Å². The van der Waals surface area contributed by atoms with Gasteiger partial charge in [-0.25, -0.2) is 4.90 Å². The lowest BCUT2D eigenvalue weighted by molar-refractivity contribution is -0.129. The monoisotopic (exact) mass is 373 g/mol. The third kappa shape index (κ3) is 2.14. The van der Waals surface area contributed by atoms with E-state index in [-0.39, 0.29) is 17.6 Å². The Balaban J connectivity index is 1.65. The Hall–Kier alpha value is -3.28. The normalized spacial score (nSPS) is 27.6. The van der Waals surface area contributed by atoms with Gasteiger partial charge in [-0.15, -0.1) is 0 Å². The van der Waals surface area contributed by atoms with E-state index in [0.717, 1.165) is 16.7 Å². The fraction of sp³-hybridized carbons (Fsp3) is 0.273. The molecular weight excluding hydrogens is 354 g/mol. The third-order valence-electron chi connectivity index (χ3n) is 6.00. The molecule has 2 fully saturated rings. The number of hydrogen-bond donors (Lipinski definition) is 0. The number of hydrazone groups is 1. The number of hydrogen-bond acceptors (Lipinski definition) is 5. The Kier molecular flexibility index (Phi) is 3.53. The van der Waals surface area contributed by atoms with Crippen molar-refractivity contribution in [1.29, 1.82) is 0 Å². The number of amides is 2. The average Bonchev–Trinajstić information content (AvgIpc) is 3.16. The predicted octanol–water partition coefficient (Wildman–Crippen LogP) is 2.46. The summed E-state index contributed by atoms with van der Waals surface area (Å²) in [6, 6.07) is 13.9. The van der Waals surface area contributed by atoms with Gasteiger partial charge in [-0.3, -0.25) is 19.4 Å². The molecule has 0 spiro atoms. The number of nitrogens with zero attached hydrogens (tertiary/aromatic N) is 3. The Labute approximate surface area is 162 Å². The van der Waals surface area contributed by atoms with E-state index in [1.165, 1.54) is 11.8 Å². The molecule has 1 unspecified atom stereocenters. The van der Waals surface area contributed by atoms with Gasteiger partial charge in [0.05, 0.1) is 29.8 Å². The number of benzene rings is 2. The zero-order valence-corrected chi connectivity index (χ0v) is 15.6. The third-order valence-corrected chi connectivity index (χ3v) is 6.00. The molecule has 3 heterocycles. The maximum absolute atomic E-state index is 13.4. The van der Waals surface area contributed by atoms with Gasteiger partial charge in [0, 0.05) is 0 Å². The molecule has 0 saturated carbocycles. The van der Waals surface area contributed by atoms with Crippen molar-refractivity contribution in [2.24, 2.45) is 16.9 Å². The van der Waals surface area contributed by atoms with E-state index in [2.05, 4.69) is 5.10 Å². The smallest absolute Gasteiger partial charge is 0.240 e. The van der Waals surface area contributed by atoms with Crippen molar-refractivity contribution in [2.45, 2.75) is 25.9 Å². The first-order valence-electron chi connectivity index (χ1n) is 9.35. The van der Waals surface area contributed by atoms with Crippen LogP contribution in [0.5, 0.6) is 0 Å². The molecule has 2 saturated heterocycles. The quantitative estimate of drug-likeness (QED) is 0.759. The van der Waals surface area contributed by atoms with Crippen LogP contribution in [0, 0.1) is 18.8 Å². The lowest BCUT2D eigenvalue weighted by Gasteiger charge is -2.33. The number of Topliss-reactive ketones (excluding diaryl/α,β-unsaturated/α-hetero) is 1. The molecule has 2 aromatic rings. The number of fused-ring (bicyclic) bond motifs is 5. The van der Waals surface area contributed by atoms with Crippen molar-refractivity contribution in [3.63, 3.8) is 0 Å². The Bertz CT molecular complexity index is 1040. The van der Waals surface area contributed by atoms with E-state index in [1.807, 2.05) is 43.3 Å². The van der Waals surface area contributed by atoms with Crippen LogP contribution in [0.15, 0.2) is 53.6 Å². The fourth-order valence-electron chi connectivity index (χ4n) is 4.77. The topological polar surface area (TPSA) is 70.0 Å². The predicted molar refractivity (Wildman–Crippen MR) is 104 cm³/mol. The van der Waals surface area contributed by atoms with Crippen LogP contribution in [-0.4, -0.2) is 34.9 Å². The summed E-state index contributed by atoms with van der Waals surface area (Å²) in [4.78, 5) is 40.5. The highest BCUT2D eigenvalue weighted by atomic mass is 16.2. The Morgan fingerprint density at radius 1 is 0.964 bits per heavy atom. The van der Waals surface area contributed by atoms with Crippen LogP contribution >= 0.6 is 0 Å². The molecule has 3 aliphatic rings. The SMILES string of the molecule is CC(=O)[C@H]1[C@H]2C(=O)N(c3ccc(C)cc3)C(=O)[C@H]2C2c3ccccc3C=NN21. The van der Waals surface area contributed by atoms with E-state index < -0.39 is 23.9 Å². The van der Waals surface area contributed by atoms with Crippen LogP contribution in [0.2, 0.25) is 0 Å². The van der Waals surface area contributed by atoms with Crippen molar-refractivity contribution in [3.8, 4) is 0 Å². The Morgan fingerprint density at radius 2 is 1.64 bits per heavy atom. The lowest BCUT2D eigenvalue weighted by Crippen LogP contribution is -2.43. The van der Waals surface area contributed by atoms with Crippen molar-refractivity contribution in [1.82, 2.24) is 5.01 Å². The lowest BCUT2D eigenvalue weighted by atomic mass is 9.84. The minimum atomic E-state index is -0.730. The highest BCUT2D eigenvalue weighted by Crippen LogP contribution is 2.52. The molecule has 0 aliphatic carbocycles. The van der Waals surface area contributed by atoms with Crippen LogP contribution in [-0.2, 0) is 14.4 Å². The number of anilines is 1. The second-order valence-corrected chi connectivity index (χ2v) is 7.65. The molecule has 0 bridgehead atoms. The standard InChI is InChI=1S/C22H19N3O3/c1-12-7-9-15(10-8-12)24-21(27)17-18(22(24)28)20-16-6-4-3-5-14(16)11-23-25(20)19(17)13(2)26/h3-11,17-20H,1-2H3/t17-,18+,19-,20?/m0/s1. The number of rotatable bonds is 2. The summed E-state index contributed by atoms with van der Waals surface area (Å²) in [6.45, 7) is 3.42. The maximum Gasteiger partial charge on any atom is 0.240 e. The largest absolute Gasteiger partial charge is 0.298 e. The zero-order chi connectivity index (χ0) is 19.6. The van der Waals surface area contributed by atoms with E-state index in [9.17, 15) is 14.4 Å². The maximum atomic E-state index is 13.4. The van der Waals surface area contributed by atoms with Gasteiger partial charge in [-0.05, 0) is 37.1 Å². The van der Waals surface area contributed by atoms with Gasteiger partial charge >= 0.3 is 0 Å². The number of aryl methyl sites for hydroxylation is 1. The molecule has 5 rings (SSSR count). The first-order chi connectivity index (χ1) is 13.5. The summed E-state index contributed by atoms with van der Waals surface area (Å²) in [7, 11) is 0. The van der Waals surface area contributed by atoms with Gasteiger partial charge in [0.2, 0.25) is 11.8 Å². The molecule has 3 aliphatic heterocycles. The van der Waals surface area contributed by atoms with Crippen LogP contribution in [0.1, 0.15) is 29.7 Å². The van der Waals surface area contributed by atoms with Crippen molar-refractivity contribution >= 4 is 29.5 Å². The molecule has 6 heteroatoms. The van der Waals surface area contributed by atoms with Gasteiger partial charge in [0.1, 0.15) is 6.04 Å². The summed E-state index contributed by atoms with van der Waals surface area (Å²) in [5.41, 5.74) is 3.45. The zero-order valence-electron chi connectivity index (χ0n) is 15.6. The molecule has 2 aromatic carbocycles. The number of ketones is 1. The summed E-state index contributed by atoms with van der Waals surface area (Å²) in [5.74, 6) is -2.08. The van der Waals surface area contributed by atoms with E-state index in [4.69, 9.17) is 0 Å². The summed E-state index contributed by atoms with van der Waals surface area (Å²) in [6.07, 6.45) is 1.70. The van der Waals surface area contributed by atoms with Gasteiger partial charge < -0.3 is 0 Å². The summed E-state index contributed by atoms with van der Waals surface area (Å²) < 4.78 is 0. The highest BCUT2D eigenvalue weighted by molar-refractivity contribution is 6.24. The molecule has 0 aromatic heterocycles. The molecule has 2 amide bonds. The molecule has 28 heavy (non-hydrogen) atoms. The number of imide groups is 1. The van der Waals surface area contributed by atoms with Gasteiger partial charge in [-0.1, -0.05) is 42.0 Å². The molecule has 6 nitrogen and oxygen atoms in total.